The zero-order valence-corrected chi connectivity index (χ0v) is 20.0. The number of hydrogen-bond donors (Lipinski definition) is 1. The van der Waals surface area contributed by atoms with E-state index < -0.39 is 5.54 Å². The molecule has 1 amide bonds. The third-order valence-corrected chi connectivity index (χ3v) is 7.35. The van der Waals surface area contributed by atoms with Crippen molar-refractivity contribution < 1.29 is 13.9 Å². The van der Waals surface area contributed by atoms with Crippen LogP contribution in [0.4, 0.5) is 0 Å². The van der Waals surface area contributed by atoms with Gasteiger partial charge in [0.25, 0.3) is 5.91 Å². The highest BCUT2D eigenvalue weighted by molar-refractivity contribution is 5.97. The maximum atomic E-state index is 13.5. The lowest BCUT2D eigenvalue weighted by molar-refractivity contribution is 0.0767. The molecule has 2 aliphatic rings. The minimum absolute atomic E-state index is 0.0928. The van der Waals surface area contributed by atoms with Gasteiger partial charge in [-0.05, 0) is 81.2 Å². The van der Waals surface area contributed by atoms with Crippen molar-refractivity contribution >= 4 is 16.8 Å². The van der Waals surface area contributed by atoms with E-state index in [2.05, 4.69) is 39.4 Å². The van der Waals surface area contributed by atoms with E-state index >= 15 is 0 Å². The Bertz CT molecular complexity index is 1390. The maximum Gasteiger partial charge on any atom is 0.252 e. The van der Waals surface area contributed by atoms with E-state index in [1.165, 1.54) is 0 Å². The highest BCUT2D eigenvalue weighted by Gasteiger charge is 2.47. The number of nitrogens with zero attached hydrogens (tertiary/aromatic N) is 3. The number of fused-ring (bicyclic) bond motifs is 1. The van der Waals surface area contributed by atoms with Crippen LogP contribution in [0.3, 0.4) is 0 Å². The summed E-state index contributed by atoms with van der Waals surface area (Å²) < 4.78 is 11.6. The van der Waals surface area contributed by atoms with Gasteiger partial charge in [-0.25, -0.2) is 4.98 Å². The van der Waals surface area contributed by atoms with Crippen molar-refractivity contribution in [2.45, 2.75) is 37.8 Å². The molecule has 2 aromatic carbocycles. The molecule has 178 valence electrons. The van der Waals surface area contributed by atoms with Crippen molar-refractivity contribution in [1.29, 1.82) is 0 Å². The van der Waals surface area contributed by atoms with Crippen LogP contribution in [-0.4, -0.2) is 47.0 Å². The van der Waals surface area contributed by atoms with Gasteiger partial charge in [0, 0.05) is 28.8 Å². The number of ether oxygens (including phenoxy) is 1. The van der Waals surface area contributed by atoms with E-state index in [1.807, 2.05) is 37.3 Å². The number of carbonyl (C=O) groups excluding carboxylic acids is 1. The van der Waals surface area contributed by atoms with Gasteiger partial charge in [0.2, 0.25) is 5.89 Å². The SMILES string of the molecule is Cc1ccc(OC[C@@H]2CCN2C)cc1C(=O)NC1(c2cc(-c3ncco3)cc3ncccc23)CC1. The molecule has 7 heteroatoms. The lowest BCUT2D eigenvalue weighted by Gasteiger charge is -2.37. The standard InChI is InChI=1S/C28H28N4O3/c1-18-5-6-21(35-17-20-7-12-32(20)2)16-23(18)26(33)31-28(8-9-28)24-14-19(27-30-11-13-34-27)15-25-22(24)4-3-10-29-25/h3-6,10-11,13-16,20H,7-9,12,17H2,1-2H3,(H,31,33)/t20-/m0/s1. The summed E-state index contributed by atoms with van der Waals surface area (Å²) in [5, 5.41) is 4.37. The summed E-state index contributed by atoms with van der Waals surface area (Å²) in [6.45, 7) is 3.71. The van der Waals surface area contributed by atoms with Crippen molar-refractivity contribution in [3.8, 4) is 17.2 Å². The summed E-state index contributed by atoms with van der Waals surface area (Å²) in [6, 6.07) is 14.2. The third-order valence-electron chi connectivity index (χ3n) is 7.35. The van der Waals surface area contributed by atoms with Crippen LogP contribution in [0.25, 0.3) is 22.4 Å². The number of hydrogen-bond acceptors (Lipinski definition) is 6. The normalized spacial score (nSPS) is 18.7. The molecule has 0 radical (unpaired) electrons. The molecular weight excluding hydrogens is 440 g/mol. The molecule has 7 nitrogen and oxygen atoms in total. The molecule has 35 heavy (non-hydrogen) atoms. The number of nitrogens with one attached hydrogen (secondary N) is 1. The molecule has 1 saturated heterocycles. The summed E-state index contributed by atoms with van der Waals surface area (Å²) in [6.07, 6.45) is 7.84. The smallest absolute Gasteiger partial charge is 0.252 e. The van der Waals surface area contributed by atoms with Crippen LogP contribution >= 0.6 is 0 Å². The van der Waals surface area contributed by atoms with E-state index in [9.17, 15) is 4.79 Å². The van der Waals surface area contributed by atoms with E-state index in [0.717, 1.165) is 59.2 Å². The lowest BCUT2D eigenvalue weighted by Crippen LogP contribution is -2.48. The second kappa shape index (κ2) is 8.50. The van der Waals surface area contributed by atoms with Crippen LogP contribution in [0.2, 0.25) is 0 Å². The second-order valence-electron chi connectivity index (χ2n) is 9.68. The molecule has 3 heterocycles. The fourth-order valence-electron chi connectivity index (χ4n) is 4.85. The van der Waals surface area contributed by atoms with E-state index in [0.29, 0.717) is 24.1 Å². The summed E-state index contributed by atoms with van der Waals surface area (Å²) >= 11 is 0. The fraction of sp³-hybridized carbons (Fsp3) is 0.321. The molecule has 1 aliphatic heterocycles. The first kappa shape index (κ1) is 21.8. The molecule has 2 aromatic heterocycles. The van der Waals surface area contributed by atoms with Crippen LogP contribution in [-0.2, 0) is 5.54 Å². The minimum Gasteiger partial charge on any atom is -0.492 e. The molecule has 1 saturated carbocycles. The average Bonchev–Trinajstić information content (AvgIpc) is 3.42. The van der Waals surface area contributed by atoms with E-state index in [1.54, 1.807) is 18.7 Å². The van der Waals surface area contributed by atoms with Gasteiger partial charge in [-0.2, -0.15) is 0 Å². The molecule has 6 rings (SSSR count). The predicted octanol–water partition coefficient (Wildman–Crippen LogP) is 4.70. The largest absolute Gasteiger partial charge is 0.492 e. The van der Waals surface area contributed by atoms with Gasteiger partial charge >= 0.3 is 0 Å². The molecule has 0 bridgehead atoms. The number of likely N-dealkylation sites (tertiary alicyclic amines) is 1. The molecule has 2 fully saturated rings. The molecule has 0 unspecified atom stereocenters. The molecule has 1 atom stereocenters. The third kappa shape index (κ3) is 4.06. The Labute approximate surface area is 204 Å². The number of likely N-dealkylation sites (N-methyl/N-ethyl adjacent to an activating group) is 1. The number of pyridine rings is 1. The van der Waals surface area contributed by atoms with Gasteiger partial charge in [-0.1, -0.05) is 12.1 Å². The van der Waals surface area contributed by atoms with Gasteiger partial charge in [-0.3, -0.25) is 14.7 Å². The lowest BCUT2D eigenvalue weighted by atomic mass is 9.95. The van der Waals surface area contributed by atoms with E-state index in [4.69, 9.17) is 9.15 Å². The molecule has 0 spiro atoms. The second-order valence-corrected chi connectivity index (χ2v) is 9.68. The summed E-state index contributed by atoms with van der Waals surface area (Å²) in [7, 11) is 2.11. The number of oxazole rings is 1. The Kier molecular flexibility index (Phi) is 5.29. The number of benzene rings is 2. The first-order chi connectivity index (χ1) is 17.0. The average molecular weight is 469 g/mol. The monoisotopic (exact) mass is 468 g/mol. The van der Waals surface area contributed by atoms with Gasteiger partial charge in [-0.15, -0.1) is 0 Å². The number of amides is 1. The Morgan fingerprint density at radius 3 is 2.80 bits per heavy atom. The molecular formula is C28H28N4O3. The fourth-order valence-corrected chi connectivity index (χ4v) is 4.85. The first-order valence-electron chi connectivity index (χ1n) is 12.1. The van der Waals surface area contributed by atoms with Gasteiger partial charge in [0.1, 0.15) is 18.6 Å². The molecule has 1 N–H and O–H groups in total. The quantitative estimate of drug-likeness (QED) is 0.424. The Morgan fingerprint density at radius 1 is 1.20 bits per heavy atom. The van der Waals surface area contributed by atoms with E-state index in [-0.39, 0.29) is 5.91 Å². The van der Waals surface area contributed by atoms with Crippen LogP contribution in [0.5, 0.6) is 5.75 Å². The Hall–Kier alpha value is -3.71. The van der Waals surface area contributed by atoms with Crippen LogP contribution in [0, 0.1) is 6.92 Å². The Balaban J connectivity index is 1.29. The van der Waals surface area contributed by atoms with Crippen molar-refractivity contribution in [1.82, 2.24) is 20.2 Å². The highest BCUT2D eigenvalue weighted by atomic mass is 16.5. The highest BCUT2D eigenvalue weighted by Crippen LogP contribution is 2.49. The number of carbonyl (C=O) groups is 1. The summed E-state index contributed by atoms with van der Waals surface area (Å²) in [4.78, 5) is 24.7. The number of aromatic nitrogens is 2. The zero-order chi connectivity index (χ0) is 24.0. The van der Waals surface area contributed by atoms with Crippen molar-refractivity contribution in [3.05, 3.63) is 77.8 Å². The van der Waals surface area contributed by atoms with Gasteiger partial charge in [0.15, 0.2) is 0 Å². The van der Waals surface area contributed by atoms with Crippen molar-refractivity contribution in [2.24, 2.45) is 0 Å². The topological polar surface area (TPSA) is 80.5 Å². The Morgan fingerprint density at radius 2 is 2.09 bits per heavy atom. The minimum atomic E-state index is -0.446. The summed E-state index contributed by atoms with van der Waals surface area (Å²) in [5.41, 5.74) is 3.87. The summed E-state index contributed by atoms with van der Waals surface area (Å²) in [5.74, 6) is 1.18. The molecule has 4 aromatic rings. The zero-order valence-electron chi connectivity index (χ0n) is 20.0. The van der Waals surface area contributed by atoms with Gasteiger partial charge < -0.3 is 14.5 Å². The van der Waals surface area contributed by atoms with Gasteiger partial charge in [0.05, 0.1) is 17.3 Å². The first-order valence-corrected chi connectivity index (χ1v) is 12.1. The molecule has 1 aliphatic carbocycles. The maximum absolute atomic E-state index is 13.5. The van der Waals surface area contributed by atoms with Crippen LogP contribution in [0.15, 0.2) is 65.5 Å². The van der Waals surface area contributed by atoms with Crippen LogP contribution < -0.4 is 10.1 Å². The van der Waals surface area contributed by atoms with Crippen LogP contribution in [0.1, 0.15) is 40.7 Å². The number of aryl methyl sites for hydroxylation is 1. The number of rotatable bonds is 7. The predicted molar refractivity (Wildman–Crippen MR) is 133 cm³/mol. The van der Waals surface area contributed by atoms with Crippen molar-refractivity contribution in [2.75, 3.05) is 20.2 Å². The van der Waals surface area contributed by atoms with Crippen molar-refractivity contribution in [3.63, 3.8) is 0 Å².